The molecule has 2 aromatic carbocycles. The van der Waals surface area contributed by atoms with Crippen molar-refractivity contribution < 1.29 is 9.59 Å². The van der Waals surface area contributed by atoms with Gasteiger partial charge in [0.25, 0.3) is 11.8 Å². The number of hydrogen-bond donors (Lipinski definition) is 1. The second-order valence-electron chi connectivity index (χ2n) is 5.86. The minimum atomic E-state index is -0.548. The predicted octanol–water partition coefficient (Wildman–Crippen LogP) is 5.80. The van der Waals surface area contributed by atoms with Gasteiger partial charge in [-0.15, -0.1) is 11.3 Å². The molecule has 4 nitrogen and oxygen atoms in total. The largest absolute Gasteiger partial charge is 0.298 e. The fourth-order valence-electron chi connectivity index (χ4n) is 2.82. The maximum Gasteiger partial charge on any atom is 0.270 e. The molecule has 1 aliphatic rings. The maximum atomic E-state index is 13.1. The first-order chi connectivity index (χ1) is 13.3. The highest BCUT2D eigenvalue weighted by molar-refractivity contribution is 9.11. The molecule has 4 rings (SSSR count). The van der Waals surface area contributed by atoms with E-state index in [0.717, 1.165) is 13.9 Å². The summed E-state index contributed by atoms with van der Waals surface area (Å²) in [4.78, 5) is 26.9. The SMILES string of the molecule is O=C1NC(=S)N(c2ccc(Cl)cc2)C(=O)C1=Cc1c(Br)sc2ccc(Cl)cc12. The first-order valence-corrected chi connectivity index (χ1v) is 10.7. The number of thiophene rings is 1. The summed E-state index contributed by atoms with van der Waals surface area (Å²) in [5.41, 5.74) is 1.20. The van der Waals surface area contributed by atoms with E-state index in [1.54, 1.807) is 42.5 Å². The molecular weight excluding hydrogens is 503 g/mol. The summed E-state index contributed by atoms with van der Waals surface area (Å²) in [5, 5.41) is 4.55. The van der Waals surface area contributed by atoms with Crippen LogP contribution in [0.25, 0.3) is 16.2 Å². The van der Waals surface area contributed by atoms with Crippen molar-refractivity contribution in [1.82, 2.24) is 5.32 Å². The smallest absolute Gasteiger partial charge is 0.270 e. The summed E-state index contributed by atoms with van der Waals surface area (Å²) < 4.78 is 1.78. The molecule has 1 aliphatic heterocycles. The van der Waals surface area contributed by atoms with Crippen LogP contribution in [0.4, 0.5) is 5.69 Å². The molecule has 28 heavy (non-hydrogen) atoms. The molecule has 9 heteroatoms. The standard InChI is InChI=1S/C19H9BrCl2N2O2S2/c20-16-13(12-7-10(22)3-6-15(12)28-16)8-14-17(25)23-19(27)24(18(14)26)11-4-1-9(21)2-5-11/h1-8H,(H,23,25,27). The first kappa shape index (κ1) is 19.5. The van der Waals surface area contributed by atoms with Crippen molar-refractivity contribution in [2.75, 3.05) is 4.90 Å². The lowest BCUT2D eigenvalue weighted by molar-refractivity contribution is -0.122. The van der Waals surface area contributed by atoms with Crippen molar-refractivity contribution >= 4 is 101 Å². The average molecular weight is 512 g/mol. The number of hydrogen-bond acceptors (Lipinski definition) is 4. The van der Waals surface area contributed by atoms with Crippen LogP contribution in [0.5, 0.6) is 0 Å². The number of benzene rings is 2. The molecular formula is C19H9BrCl2N2O2S2. The molecule has 2 heterocycles. The summed E-state index contributed by atoms with van der Waals surface area (Å²) in [5.74, 6) is -1.06. The quantitative estimate of drug-likeness (QED) is 0.268. The van der Waals surface area contributed by atoms with Crippen molar-refractivity contribution in [2.24, 2.45) is 0 Å². The number of rotatable bonds is 2. The number of anilines is 1. The van der Waals surface area contributed by atoms with E-state index in [2.05, 4.69) is 21.2 Å². The maximum absolute atomic E-state index is 13.1. The fraction of sp³-hybridized carbons (Fsp3) is 0. The van der Waals surface area contributed by atoms with E-state index < -0.39 is 11.8 Å². The van der Waals surface area contributed by atoms with Gasteiger partial charge in [-0.1, -0.05) is 23.2 Å². The Hall–Kier alpha value is -1.77. The summed E-state index contributed by atoms with van der Waals surface area (Å²) in [7, 11) is 0. The van der Waals surface area contributed by atoms with Crippen LogP contribution in [0.1, 0.15) is 5.56 Å². The third-order valence-electron chi connectivity index (χ3n) is 4.12. The Morgan fingerprint density at radius 2 is 1.75 bits per heavy atom. The second kappa shape index (κ2) is 7.57. The van der Waals surface area contributed by atoms with E-state index in [1.807, 2.05) is 6.07 Å². The van der Waals surface area contributed by atoms with Gasteiger partial charge in [-0.05, 0) is 76.7 Å². The van der Waals surface area contributed by atoms with Crippen LogP contribution in [0.2, 0.25) is 10.0 Å². The Balaban J connectivity index is 1.83. The summed E-state index contributed by atoms with van der Waals surface area (Å²) in [6.45, 7) is 0. The third-order valence-corrected chi connectivity index (χ3v) is 6.78. The van der Waals surface area contributed by atoms with Crippen LogP contribution in [0.3, 0.4) is 0 Å². The molecule has 0 atom stereocenters. The molecule has 140 valence electrons. The number of carbonyl (C=O) groups excluding carboxylic acids is 2. The van der Waals surface area contributed by atoms with Crippen LogP contribution in [0.15, 0.2) is 51.8 Å². The van der Waals surface area contributed by atoms with Gasteiger partial charge in [-0.25, -0.2) is 0 Å². The van der Waals surface area contributed by atoms with Crippen molar-refractivity contribution in [2.45, 2.75) is 0 Å². The van der Waals surface area contributed by atoms with Gasteiger partial charge in [0.05, 0.1) is 9.47 Å². The summed E-state index contributed by atoms with van der Waals surface area (Å²) in [6, 6.07) is 12.1. The van der Waals surface area contributed by atoms with Crippen molar-refractivity contribution in [3.05, 3.63) is 67.4 Å². The van der Waals surface area contributed by atoms with Crippen LogP contribution in [-0.2, 0) is 9.59 Å². The molecule has 1 aromatic heterocycles. The molecule has 1 saturated heterocycles. The minimum Gasteiger partial charge on any atom is -0.298 e. The van der Waals surface area contributed by atoms with Gasteiger partial charge in [0.15, 0.2) is 5.11 Å². The Morgan fingerprint density at radius 3 is 2.46 bits per heavy atom. The highest BCUT2D eigenvalue weighted by Crippen LogP contribution is 2.38. The number of halogens is 3. The molecule has 2 amide bonds. The third kappa shape index (κ3) is 3.49. The van der Waals surface area contributed by atoms with Gasteiger partial charge in [-0.2, -0.15) is 0 Å². The van der Waals surface area contributed by atoms with Gasteiger partial charge < -0.3 is 0 Å². The van der Waals surface area contributed by atoms with Gasteiger partial charge in [0.2, 0.25) is 0 Å². The topological polar surface area (TPSA) is 49.4 Å². The normalized spacial score (nSPS) is 16.2. The molecule has 0 bridgehead atoms. The van der Waals surface area contributed by atoms with E-state index >= 15 is 0 Å². The molecule has 0 radical (unpaired) electrons. The Morgan fingerprint density at radius 1 is 1.07 bits per heavy atom. The van der Waals surface area contributed by atoms with Crippen LogP contribution in [0, 0.1) is 0 Å². The molecule has 1 N–H and O–H groups in total. The van der Waals surface area contributed by atoms with E-state index in [9.17, 15) is 9.59 Å². The molecule has 0 unspecified atom stereocenters. The Kier molecular flexibility index (Phi) is 5.28. The van der Waals surface area contributed by atoms with Crippen LogP contribution in [-0.4, -0.2) is 16.9 Å². The number of nitrogens with zero attached hydrogens (tertiary/aromatic N) is 1. The van der Waals surface area contributed by atoms with Gasteiger partial charge >= 0.3 is 0 Å². The molecule has 0 aliphatic carbocycles. The zero-order valence-electron chi connectivity index (χ0n) is 13.8. The lowest BCUT2D eigenvalue weighted by Crippen LogP contribution is -2.54. The number of carbonyl (C=O) groups is 2. The first-order valence-electron chi connectivity index (χ1n) is 7.90. The lowest BCUT2D eigenvalue weighted by atomic mass is 10.1. The number of fused-ring (bicyclic) bond motifs is 1. The molecule has 1 fully saturated rings. The fourth-order valence-corrected chi connectivity index (χ4v) is 5.14. The van der Waals surface area contributed by atoms with Gasteiger partial charge in [-0.3, -0.25) is 19.8 Å². The predicted molar refractivity (Wildman–Crippen MR) is 122 cm³/mol. The van der Waals surface area contributed by atoms with E-state index in [0.29, 0.717) is 21.3 Å². The molecule has 3 aromatic rings. The lowest BCUT2D eigenvalue weighted by Gasteiger charge is -2.28. The monoisotopic (exact) mass is 510 g/mol. The van der Waals surface area contributed by atoms with Crippen molar-refractivity contribution in [3.63, 3.8) is 0 Å². The van der Waals surface area contributed by atoms with E-state index in [-0.39, 0.29) is 10.7 Å². The number of amides is 2. The van der Waals surface area contributed by atoms with Gasteiger partial charge in [0, 0.05) is 25.7 Å². The highest BCUT2D eigenvalue weighted by atomic mass is 79.9. The Labute approximate surface area is 187 Å². The summed E-state index contributed by atoms with van der Waals surface area (Å²) >= 11 is 22.3. The van der Waals surface area contributed by atoms with Crippen molar-refractivity contribution in [1.29, 1.82) is 0 Å². The zero-order chi connectivity index (χ0) is 20.0. The van der Waals surface area contributed by atoms with E-state index in [1.165, 1.54) is 16.2 Å². The van der Waals surface area contributed by atoms with Gasteiger partial charge in [0.1, 0.15) is 5.57 Å². The van der Waals surface area contributed by atoms with Crippen LogP contribution >= 0.6 is 62.7 Å². The molecule has 0 spiro atoms. The molecule has 0 saturated carbocycles. The highest BCUT2D eigenvalue weighted by Gasteiger charge is 2.34. The zero-order valence-corrected chi connectivity index (χ0v) is 18.6. The van der Waals surface area contributed by atoms with Crippen LogP contribution < -0.4 is 10.2 Å². The van der Waals surface area contributed by atoms with E-state index in [4.69, 9.17) is 35.4 Å². The summed E-state index contributed by atoms with van der Waals surface area (Å²) in [6.07, 6.45) is 1.56. The average Bonchev–Trinajstić information content (AvgIpc) is 2.94. The Bertz CT molecular complexity index is 1190. The number of nitrogens with one attached hydrogen (secondary N) is 1. The number of thiocarbonyl (C=S) groups is 1. The van der Waals surface area contributed by atoms with Crippen molar-refractivity contribution in [3.8, 4) is 0 Å². The minimum absolute atomic E-state index is 0.0201. The second-order valence-corrected chi connectivity index (χ2v) is 9.49.